The Labute approximate surface area is 97.7 Å². The van der Waals surface area contributed by atoms with E-state index < -0.39 is 6.29 Å². The van der Waals surface area contributed by atoms with Gasteiger partial charge < -0.3 is 9.47 Å². The van der Waals surface area contributed by atoms with Crippen LogP contribution in [0.4, 0.5) is 5.69 Å². The van der Waals surface area contributed by atoms with Crippen LogP contribution in [0.5, 0.6) is 0 Å². The first-order valence-electron chi connectivity index (χ1n) is 4.42. The van der Waals surface area contributed by atoms with Gasteiger partial charge in [0.25, 0.3) is 0 Å². The summed E-state index contributed by atoms with van der Waals surface area (Å²) in [5.41, 5.74) is 1.48. The molecule has 5 heteroatoms. The molecule has 0 amide bonds. The molecule has 2 rings (SSSR count). The van der Waals surface area contributed by atoms with E-state index in [9.17, 15) is 0 Å². The van der Waals surface area contributed by atoms with Gasteiger partial charge in [0.15, 0.2) is 6.29 Å². The summed E-state index contributed by atoms with van der Waals surface area (Å²) in [7, 11) is 0. The Hall–Kier alpha value is -0.770. The zero-order valence-corrected chi connectivity index (χ0v) is 9.35. The van der Waals surface area contributed by atoms with Crippen molar-refractivity contribution in [2.24, 2.45) is 4.99 Å². The van der Waals surface area contributed by atoms with Crippen molar-refractivity contribution in [3.8, 4) is 0 Å². The Morgan fingerprint density at radius 3 is 2.80 bits per heavy atom. The number of hydrogen-bond acceptors (Lipinski definition) is 4. The zero-order valence-electron chi connectivity index (χ0n) is 7.77. The largest absolute Gasteiger partial charge is 0.346 e. The van der Waals surface area contributed by atoms with Crippen molar-refractivity contribution < 1.29 is 9.47 Å². The second kappa shape index (κ2) is 4.84. The molecule has 3 nitrogen and oxygen atoms in total. The molecule has 0 unspecified atom stereocenters. The Balaban J connectivity index is 2.35. The lowest BCUT2D eigenvalue weighted by molar-refractivity contribution is -0.0440. The van der Waals surface area contributed by atoms with Gasteiger partial charge in [-0.05, 0) is 30.4 Å². The Morgan fingerprint density at radius 1 is 1.40 bits per heavy atom. The molecule has 0 saturated carbocycles. The van der Waals surface area contributed by atoms with E-state index in [0.717, 1.165) is 5.56 Å². The maximum Gasteiger partial charge on any atom is 0.185 e. The Morgan fingerprint density at radius 2 is 2.13 bits per heavy atom. The topological polar surface area (TPSA) is 30.8 Å². The molecule has 1 saturated heterocycles. The van der Waals surface area contributed by atoms with E-state index in [0.29, 0.717) is 23.9 Å². The molecule has 0 bridgehead atoms. The van der Waals surface area contributed by atoms with Crippen molar-refractivity contribution in [1.29, 1.82) is 0 Å². The lowest BCUT2D eigenvalue weighted by Crippen LogP contribution is -1.98. The third-order valence-corrected chi connectivity index (χ3v) is 2.47. The fourth-order valence-corrected chi connectivity index (χ4v) is 1.68. The minimum atomic E-state index is -0.391. The van der Waals surface area contributed by atoms with Crippen LogP contribution in [-0.4, -0.2) is 18.4 Å². The van der Waals surface area contributed by atoms with Crippen molar-refractivity contribution in [1.82, 2.24) is 0 Å². The van der Waals surface area contributed by atoms with Crippen LogP contribution in [0, 0.1) is 0 Å². The van der Waals surface area contributed by atoms with Crippen LogP contribution < -0.4 is 0 Å². The molecular weight excluding hydrogens is 234 g/mol. The molecule has 15 heavy (non-hydrogen) atoms. The number of isothiocyanates is 1. The maximum absolute atomic E-state index is 6.03. The highest BCUT2D eigenvalue weighted by molar-refractivity contribution is 7.78. The van der Waals surface area contributed by atoms with E-state index in [4.69, 9.17) is 21.1 Å². The average Bonchev–Trinajstić information content (AvgIpc) is 2.74. The lowest BCUT2D eigenvalue weighted by Gasteiger charge is -2.11. The van der Waals surface area contributed by atoms with Gasteiger partial charge in [0.05, 0.1) is 24.1 Å². The van der Waals surface area contributed by atoms with E-state index in [2.05, 4.69) is 22.4 Å². The van der Waals surface area contributed by atoms with Gasteiger partial charge in [0, 0.05) is 10.6 Å². The number of thiocarbonyl (C=S) groups is 1. The molecule has 0 N–H and O–H groups in total. The number of benzene rings is 1. The van der Waals surface area contributed by atoms with E-state index in [1.807, 2.05) is 0 Å². The van der Waals surface area contributed by atoms with Gasteiger partial charge in [0.2, 0.25) is 0 Å². The molecule has 0 radical (unpaired) electrons. The molecule has 1 aliphatic rings. The van der Waals surface area contributed by atoms with Gasteiger partial charge in [0.1, 0.15) is 0 Å². The highest BCUT2D eigenvalue weighted by Crippen LogP contribution is 2.32. The predicted molar refractivity (Wildman–Crippen MR) is 60.8 cm³/mol. The second-order valence-corrected chi connectivity index (χ2v) is 3.57. The average molecular weight is 242 g/mol. The van der Waals surface area contributed by atoms with Crippen LogP contribution in [0.15, 0.2) is 23.2 Å². The molecule has 0 aromatic heterocycles. The number of halogens is 1. The standard InChI is InChI=1S/C10H8ClNO2S/c11-9-2-1-7(12-6-15)5-8(9)10-13-3-4-14-10/h1-2,5,10H,3-4H2. The molecular formula is C10H8ClNO2S. The van der Waals surface area contributed by atoms with E-state index in [-0.39, 0.29) is 0 Å². The molecule has 0 aliphatic carbocycles. The van der Waals surface area contributed by atoms with Gasteiger partial charge in [-0.15, -0.1) is 0 Å². The van der Waals surface area contributed by atoms with Gasteiger partial charge in [-0.2, -0.15) is 4.99 Å². The Kier molecular flexibility index (Phi) is 3.46. The predicted octanol–water partition coefficient (Wildman–Crippen LogP) is 3.12. The quantitative estimate of drug-likeness (QED) is 0.589. The Bertz CT molecular complexity index is 412. The van der Waals surface area contributed by atoms with E-state index in [1.165, 1.54) is 0 Å². The van der Waals surface area contributed by atoms with Gasteiger partial charge >= 0.3 is 0 Å². The number of rotatable bonds is 2. The van der Waals surface area contributed by atoms with Crippen molar-refractivity contribution in [3.05, 3.63) is 28.8 Å². The summed E-state index contributed by atoms with van der Waals surface area (Å²) in [6, 6.07) is 5.30. The number of nitrogens with zero attached hydrogens (tertiary/aromatic N) is 1. The number of aliphatic imine (C=N–C) groups is 1. The summed E-state index contributed by atoms with van der Waals surface area (Å²) in [6.45, 7) is 1.17. The first kappa shape index (κ1) is 10.7. The van der Waals surface area contributed by atoms with Gasteiger partial charge in [-0.1, -0.05) is 11.6 Å². The van der Waals surface area contributed by atoms with Crippen LogP contribution in [-0.2, 0) is 9.47 Å². The normalized spacial score (nSPS) is 16.3. The lowest BCUT2D eigenvalue weighted by atomic mass is 10.2. The first-order valence-corrected chi connectivity index (χ1v) is 5.20. The summed E-state index contributed by atoms with van der Waals surface area (Å²) in [4.78, 5) is 3.87. The molecule has 1 fully saturated rings. The number of ether oxygens (including phenoxy) is 2. The highest BCUT2D eigenvalue weighted by atomic mass is 35.5. The fraction of sp³-hybridized carbons (Fsp3) is 0.300. The summed E-state index contributed by atoms with van der Waals surface area (Å²) in [6.07, 6.45) is -0.391. The zero-order chi connectivity index (χ0) is 10.7. The van der Waals surface area contributed by atoms with Crippen LogP contribution in [0.3, 0.4) is 0 Å². The molecule has 1 heterocycles. The molecule has 78 valence electrons. The van der Waals surface area contributed by atoms with Crippen LogP contribution in [0.2, 0.25) is 5.02 Å². The monoisotopic (exact) mass is 241 g/mol. The van der Waals surface area contributed by atoms with Gasteiger partial charge in [-0.3, -0.25) is 0 Å². The van der Waals surface area contributed by atoms with Crippen LogP contribution in [0.1, 0.15) is 11.9 Å². The second-order valence-electron chi connectivity index (χ2n) is 2.98. The van der Waals surface area contributed by atoms with E-state index >= 15 is 0 Å². The van der Waals surface area contributed by atoms with Crippen LogP contribution >= 0.6 is 23.8 Å². The first-order chi connectivity index (χ1) is 7.31. The smallest absolute Gasteiger partial charge is 0.185 e. The van der Waals surface area contributed by atoms with Gasteiger partial charge in [-0.25, -0.2) is 0 Å². The highest BCUT2D eigenvalue weighted by Gasteiger charge is 2.21. The SMILES string of the molecule is S=C=Nc1ccc(Cl)c(C2OCCO2)c1. The summed E-state index contributed by atoms with van der Waals surface area (Å²) in [5.74, 6) is 0. The summed E-state index contributed by atoms with van der Waals surface area (Å²) >= 11 is 10.6. The van der Waals surface area contributed by atoms with Crippen LogP contribution in [0.25, 0.3) is 0 Å². The molecule has 1 aromatic rings. The van der Waals surface area contributed by atoms with E-state index in [1.54, 1.807) is 18.2 Å². The van der Waals surface area contributed by atoms with Crippen molar-refractivity contribution in [2.75, 3.05) is 13.2 Å². The minimum absolute atomic E-state index is 0.391. The third kappa shape index (κ3) is 2.43. The molecule has 0 atom stereocenters. The molecule has 1 aliphatic heterocycles. The summed E-state index contributed by atoms with van der Waals surface area (Å²) in [5, 5.41) is 2.91. The maximum atomic E-state index is 6.03. The van der Waals surface area contributed by atoms with Crippen molar-refractivity contribution in [2.45, 2.75) is 6.29 Å². The molecule has 1 aromatic carbocycles. The third-order valence-electron chi connectivity index (χ3n) is 2.03. The molecule has 0 spiro atoms. The van der Waals surface area contributed by atoms with Crippen molar-refractivity contribution in [3.63, 3.8) is 0 Å². The number of hydrogen-bond donors (Lipinski definition) is 0. The fourth-order valence-electron chi connectivity index (χ4n) is 1.37. The summed E-state index contributed by atoms with van der Waals surface area (Å²) < 4.78 is 10.7. The van der Waals surface area contributed by atoms with Crippen molar-refractivity contribution >= 4 is 34.7 Å². The minimum Gasteiger partial charge on any atom is -0.346 e.